The molecule has 5 nitrogen and oxygen atoms in total. The summed E-state index contributed by atoms with van der Waals surface area (Å²) in [4.78, 5) is 0. The number of fused-ring (bicyclic) bond motifs is 3. The maximum atomic E-state index is 10.4. The van der Waals surface area contributed by atoms with Crippen molar-refractivity contribution in [1.82, 2.24) is 0 Å². The number of allylic oxidation sites excluding steroid dienone is 1. The lowest BCUT2D eigenvalue weighted by Crippen LogP contribution is -2.99. The number of para-hydroxylation sites is 2. The van der Waals surface area contributed by atoms with E-state index >= 15 is 0 Å². The average molecular weight is 281 g/mol. The summed E-state index contributed by atoms with van der Waals surface area (Å²) in [5, 5.41) is 14.2. The van der Waals surface area contributed by atoms with Crippen LogP contribution in [0.15, 0.2) is 72.3 Å². The summed E-state index contributed by atoms with van der Waals surface area (Å²) in [5.41, 5.74) is 5.89. The van der Waals surface area contributed by atoms with Gasteiger partial charge in [0.25, 0.3) is 5.88 Å². The van der Waals surface area contributed by atoms with Crippen molar-refractivity contribution in [2.45, 2.75) is 0 Å². The number of hydrogen-bond donors (Lipinski definition) is 2. The average Bonchev–Trinajstić information content (AvgIpc) is 2.86. The summed E-state index contributed by atoms with van der Waals surface area (Å²) in [6, 6.07) is 18.0. The lowest BCUT2D eigenvalue weighted by molar-refractivity contribution is -0.661. The Hall–Kier alpha value is -2.76. The molecule has 0 spiro atoms. The van der Waals surface area contributed by atoms with Gasteiger partial charge in [-0.1, -0.05) is 42.5 Å². The molecule has 2 heterocycles. The van der Waals surface area contributed by atoms with Crippen LogP contribution in [0, 0.1) is 0 Å². The number of hydrogen-bond acceptors (Lipinski definition) is 4. The zero-order chi connectivity index (χ0) is 13.5. The number of aliphatic hydroxyl groups is 1. The second-order valence-electron chi connectivity index (χ2n) is 4.79. The van der Waals surface area contributed by atoms with Crippen LogP contribution < -0.4 is 15.6 Å². The van der Waals surface area contributed by atoms with Crippen LogP contribution in [0.25, 0.3) is 6.08 Å². The number of benzene rings is 2. The maximum Gasteiger partial charge on any atom is 0.271 e. The van der Waals surface area contributed by atoms with E-state index in [4.69, 9.17) is 0 Å². The molecule has 0 amide bonds. The Kier molecular flexibility index (Phi) is 3.13. The molecule has 21 heavy (non-hydrogen) atoms. The first kappa shape index (κ1) is 13.2. The molecular formula is C16H15N3O2. The minimum absolute atomic E-state index is 0. The third-order valence-corrected chi connectivity index (χ3v) is 3.60. The number of rotatable bonds is 1. The molecule has 0 aliphatic carbocycles. The van der Waals surface area contributed by atoms with Crippen LogP contribution in [0.1, 0.15) is 5.56 Å². The fourth-order valence-electron chi connectivity index (χ4n) is 2.60. The molecule has 0 atom stereocenters. The molecule has 4 rings (SSSR count). The topological polar surface area (TPSA) is 73.3 Å². The van der Waals surface area contributed by atoms with Gasteiger partial charge in [-0.05, 0) is 24.3 Å². The first-order valence-electron chi connectivity index (χ1n) is 6.53. The number of nitrogens with two attached hydrogens (primary N) is 1. The van der Waals surface area contributed by atoms with Gasteiger partial charge in [-0.2, -0.15) is 5.01 Å². The predicted octanol–water partition coefficient (Wildman–Crippen LogP) is 1.98. The Bertz CT molecular complexity index is 725. The second kappa shape index (κ2) is 4.97. The van der Waals surface area contributed by atoms with Crippen molar-refractivity contribution in [3.63, 3.8) is 0 Å². The second-order valence-corrected chi connectivity index (χ2v) is 4.79. The number of quaternary nitrogens is 1. The first-order chi connectivity index (χ1) is 9.84. The SMILES string of the molecule is OC1=C2C=Cc3ccccc3N2[NH2+]N1c1ccccc1.[OH-]. The van der Waals surface area contributed by atoms with Crippen LogP contribution in [0.2, 0.25) is 0 Å². The summed E-state index contributed by atoms with van der Waals surface area (Å²) in [5.74, 6) is 0.252. The molecule has 0 saturated heterocycles. The smallest absolute Gasteiger partial charge is 0.271 e. The third kappa shape index (κ3) is 1.96. The highest BCUT2D eigenvalue weighted by Crippen LogP contribution is 2.32. The summed E-state index contributed by atoms with van der Waals surface area (Å²) in [6.45, 7) is 0. The molecule has 106 valence electrons. The highest BCUT2D eigenvalue weighted by atomic mass is 16.3. The molecule has 5 heteroatoms. The third-order valence-electron chi connectivity index (χ3n) is 3.60. The van der Waals surface area contributed by atoms with Crippen molar-refractivity contribution in [1.29, 1.82) is 0 Å². The van der Waals surface area contributed by atoms with Crippen LogP contribution in [0.3, 0.4) is 0 Å². The van der Waals surface area contributed by atoms with Gasteiger partial charge in [-0.3, -0.25) is 0 Å². The van der Waals surface area contributed by atoms with Crippen LogP contribution >= 0.6 is 0 Å². The molecule has 4 N–H and O–H groups in total. The van der Waals surface area contributed by atoms with Crippen molar-refractivity contribution in [2.24, 2.45) is 0 Å². The minimum Gasteiger partial charge on any atom is -0.870 e. The van der Waals surface area contributed by atoms with Crippen LogP contribution in [-0.2, 0) is 0 Å². The quantitative estimate of drug-likeness (QED) is 0.784. The standard InChI is InChI=1S/C16H13N3O.H2O/c20-16-15-11-10-12-6-4-5-9-14(12)19(15)17-18(16)13-7-2-1-3-8-13;/h1-11,17,20H;1H2. The molecule has 0 unspecified atom stereocenters. The molecule has 0 radical (unpaired) electrons. The maximum absolute atomic E-state index is 10.4. The van der Waals surface area contributed by atoms with E-state index in [1.54, 1.807) is 5.01 Å². The summed E-state index contributed by atoms with van der Waals surface area (Å²) < 4.78 is 0. The Morgan fingerprint density at radius 3 is 2.33 bits per heavy atom. The van der Waals surface area contributed by atoms with Gasteiger partial charge in [-0.25, -0.2) is 0 Å². The monoisotopic (exact) mass is 281 g/mol. The Labute approximate surface area is 122 Å². The van der Waals surface area contributed by atoms with Gasteiger partial charge in [0, 0.05) is 5.56 Å². The minimum atomic E-state index is 0. The lowest BCUT2D eigenvalue weighted by atomic mass is 10.1. The normalized spacial score (nSPS) is 15.6. The fraction of sp³-hybridized carbons (Fsp3) is 0. The van der Waals surface area contributed by atoms with E-state index in [2.05, 4.69) is 12.1 Å². The van der Waals surface area contributed by atoms with Gasteiger partial charge >= 0.3 is 0 Å². The van der Waals surface area contributed by atoms with E-state index in [1.165, 1.54) is 0 Å². The van der Waals surface area contributed by atoms with Crippen molar-refractivity contribution < 1.29 is 16.1 Å². The van der Waals surface area contributed by atoms with Gasteiger partial charge < -0.3 is 10.6 Å². The zero-order valence-electron chi connectivity index (χ0n) is 11.2. The summed E-state index contributed by atoms with van der Waals surface area (Å²) in [6.07, 6.45) is 3.97. The van der Waals surface area contributed by atoms with E-state index in [0.717, 1.165) is 22.6 Å². The van der Waals surface area contributed by atoms with E-state index in [0.29, 0.717) is 0 Å². The van der Waals surface area contributed by atoms with Gasteiger partial charge in [0.15, 0.2) is 5.70 Å². The molecule has 0 fully saturated rings. The lowest BCUT2D eigenvalue weighted by Gasteiger charge is -2.22. The molecular weight excluding hydrogens is 266 g/mol. The Morgan fingerprint density at radius 1 is 0.810 bits per heavy atom. The van der Waals surface area contributed by atoms with Crippen molar-refractivity contribution >= 4 is 17.5 Å². The van der Waals surface area contributed by atoms with Gasteiger partial charge in [0.2, 0.25) is 0 Å². The summed E-state index contributed by atoms with van der Waals surface area (Å²) in [7, 11) is 0. The number of anilines is 2. The molecule has 0 aromatic heterocycles. The zero-order valence-corrected chi connectivity index (χ0v) is 11.2. The van der Waals surface area contributed by atoms with Gasteiger partial charge in [-0.15, -0.1) is 10.5 Å². The van der Waals surface area contributed by atoms with Crippen molar-refractivity contribution in [3.05, 3.63) is 77.8 Å². The van der Waals surface area contributed by atoms with E-state index in [1.807, 2.05) is 65.2 Å². The van der Waals surface area contributed by atoms with Gasteiger partial charge in [0.05, 0.1) is 0 Å². The fourth-order valence-corrected chi connectivity index (χ4v) is 2.60. The molecule has 0 saturated carbocycles. The largest absolute Gasteiger partial charge is 0.870 e. The highest BCUT2D eigenvalue weighted by Gasteiger charge is 2.36. The van der Waals surface area contributed by atoms with Crippen LogP contribution in [-0.4, -0.2) is 10.6 Å². The Balaban J connectivity index is 0.00000132. The van der Waals surface area contributed by atoms with E-state index in [-0.39, 0.29) is 11.4 Å². The van der Waals surface area contributed by atoms with E-state index in [9.17, 15) is 5.11 Å². The van der Waals surface area contributed by atoms with Crippen LogP contribution in [0.4, 0.5) is 11.4 Å². The molecule has 2 aliphatic heterocycles. The number of aliphatic hydroxyl groups excluding tert-OH is 1. The predicted molar refractivity (Wildman–Crippen MR) is 80.4 cm³/mol. The molecule has 2 aromatic rings. The van der Waals surface area contributed by atoms with Crippen LogP contribution in [0.5, 0.6) is 0 Å². The number of nitrogens with zero attached hydrogens (tertiary/aromatic N) is 2. The van der Waals surface area contributed by atoms with Crippen molar-refractivity contribution in [3.8, 4) is 0 Å². The van der Waals surface area contributed by atoms with Gasteiger partial charge in [0.1, 0.15) is 11.4 Å². The van der Waals surface area contributed by atoms with E-state index < -0.39 is 0 Å². The molecule has 2 aromatic carbocycles. The molecule has 2 aliphatic rings. The highest BCUT2D eigenvalue weighted by molar-refractivity contribution is 5.76. The van der Waals surface area contributed by atoms with Crippen molar-refractivity contribution in [2.75, 3.05) is 10.0 Å². The Morgan fingerprint density at radius 2 is 1.52 bits per heavy atom. The summed E-state index contributed by atoms with van der Waals surface area (Å²) >= 11 is 0. The molecule has 0 bridgehead atoms. The first-order valence-corrected chi connectivity index (χ1v) is 6.53.